The van der Waals surface area contributed by atoms with E-state index < -0.39 is 0 Å². The number of benzene rings is 2. The molecule has 0 aliphatic heterocycles. The maximum absolute atomic E-state index is 12.2. The Hall–Kier alpha value is -3.67. The molecule has 0 saturated heterocycles. The standard InChI is InChI=1S/C22H21N5O/c1-15-5-4-6-16(13-15)17-8-9-19-20(14-17)26-27-21(19)25-22(28)24-12-10-18-7-2-3-11-23-18/h2-9,11,13-14H,10,12H2,1H3,(H3,24,25,26,27,28). The third-order valence-electron chi connectivity index (χ3n) is 4.54. The van der Waals surface area contributed by atoms with Gasteiger partial charge in [-0.15, -0.1) is 0 Å². The van der Waals surface area contributed by atoms with Crippen molar-refractivity contribution in [1.29, 1.82) is 0 Å². The zero-order valence-corrected chi connectivity index (χ0v) is 15.6. The molecule has 0 saturated carbocycles. The Kier molecular flexibility index (Phi) is 5.01. The summed E-state index contributed by atoms with van der Waals surface area (Å²) in [5, 5.41) is 13.8. The topological polar surface area (TPSA) is 82.7 Å². The third kappa shape index (κ3) is 4.01. The highest BCUT2D eigenvalue weighted by Crippen LogP contribution is 2.27. The second kappa shape index (κ2) is 7.92. The summed E-state index contributed by atoms with van der Waals surface area (Å²) in [6, 6.07) is 19.9. The van der Waals surface area contributed by atoms with Gasteiger partial charge < -0.3 is 5.32 Å². The van der Waals surface area contributed by atoms with Gasteiger partial charge in [-0.3, -0.25) is 15.4 Å². The van der Waals surface area contributed by atoms with Crippen molar-refractivity contribution in [3.8, 4) is 11.1 Å². The number of H-pyrrole nitrogens is 1. The number of aromatic amines is 1. The first-order valence-electron chi connectivity index (χ1n) is 9.19. The van der Waals surface area contributed by atoms with E-state index >= 15 is 0 Å². The third-order valence-corrected chi connectivity index (χ3v) is 4.54. The first-order chi connectivity index (χ1) is 13.7. The minimum absolute atomic E-state index is 0.285. The molecule has 2 aromatic heterocycles. The second-order valence-corrected chi connectivity index (χ2v) is 6.65. The maximum atomic E-state index is 12.2. The van der Waals surface area contributed by atoms with Crippen molar-refractivity contribution in [1.82, 2.24) is 20.5 Å². The fourth-order valence-corrected chi connectivity index (χ4v) is 3.12. The summed E-state index contributed by atoms with van der Waals surface area (Å²) in [6.07, 6.45) is 2.42. The van der Waals surface area contributed by atoms with Crippen molar-refractivity contribution in [2.75, 3.05) is 11.9 Å². The van der Waals surface area contributed by atoms with Crippen LogP contribution in [0.4, 0.5) is 10.6 Å². The summed E-state index contributed by atoms with van der Waals surface area (Å²) in [5.41, 5.74) is 5.29. The molecule has 6 heteroatoms. The van der Waals surface area contributed by atoms with E-state index in [1.165, 1.54) is 5.56 Å². The predicted molar refractivity (Wildman–Crippen MR) is 111 cm³/mol. The molecule has 4 rings (SSSR count). The molecule has 0 fully saturated rings. The van der Waals surface area contributed by atoms with Crippen molar-refractivity contribution in [2.24, 2.45) is 0 Å². The molecule has 0 atom stereocenters. The number of hydrogen-bond acceptors (Lipinski definition) is 3. The van der Waals surface area contributed by atoms with Crippen molar-refractivity contribution in [2.45, 2.75) is 13.3 Å². The van der Waals surface area contributed by atoms with Gasteiger partial charge in [0, 0.05) is 30.2 Å². The number of pyridine rings is 1. The highest BCUT2D eigenvalue weighted by molar-refractivity contribution is 6.00. The summed E-state index contributed by atoms with van der Waals surface area (Å²) in [4.78, 5) is 16.4. The lowest BCUT2D eigenvalue weighted by Crippen LogP contribution is -2.30. The summed E-state index contributed by atoms with van der Waals surface area (Å²) < 4.78 is 0. The van der Waals surface area contributed by atoms with Gasteiger partial charge in [-0.05, 0) is 42.3 Å². The van der Waals surface area contributed by atoms with Gasteiger partial charge in [0.15, 0.2) is 5.82 Å². The molecular weight excluding hydrogens is 350 g/mol. The van der Waals surface area contributed by atoms with E-state index in [9.17, 15) is 4.79 Å². The Morgan fingerprint density at radius 3 is 2.75 bits per heavy atom. The Labute approximate surface area is 163 Å². The fraction of sp³-hybridized carbons (Fsp3) is 0.136. The van der Waals surface area contributed by atoms with Gasteiger partial charge in [-0.1, -0.05) is 42.0 Å². The van der Waals surface area contributed by atoms with Crippen LogP contribution in [0.15, 0.2) is 66.9 Å². The number of amides is 2. The number of anilines is 1. The molecule has 0 radical (unpaired) electrons. The van der Waals surface area contributed by atoms with E-state index in [4.69, 9.17) is 0 Å². The van der Waals surface area contributed by atoms with Gasteiger partial charge >= 0.3 is 6.03 Å². The maximum Gasteiger partial charge on any atom is 0.320 e. The number of nitrogens with one attached hydrogen (secondary N) is 3. The molecule has 0 unspecified atom stereocenters. The highest BCUT2D eigenvalue weighted by Gasteiger charge is 2.10. The van der Waals surface area contributed by atoms with Crippen molar-refractivity contribution in [3.05, 3.63) is 78.1 Å². The summed E-state index contributed by atoms with van der Waals surface area (Å²) in [5.74, 6) is 0.515. The Bertz CT molecular complexity index is 1100. The average Bonchev–Trinajstić information content (AvgIpc) is 3.11. The Balaban J connectivity index is 1.42. The Morgan fingerprint density at radius 1 is 1.04 bits per heavy atom. The molecule has 0 spiro atoms. The van der Waals surface area contributed by atoms with Crippen molar-refractivity contribution >= 4 is 22.8 Å². The normalized spacial score (nSPS) is 10.8. The zero-order chi connectivity index (χ0) is 19.3. The molecule has 4 aromatic rings. The number of urea groups is 1. The van der Waals surface area contributed by atoms with Crippen LogP contribution in [0.25, 0.3) is 22.0 Å². The molecule has 3 N–H and O–H groups in total. The van der Waals surface area contributed by atoms with Crippen LogP contribution in [-0.2, 0) is 6.42 Å². The van der Waals surface area contributed by atoms with E-state index in [2.05, 4.69) is 50.9 Å². The van der Waals surface area contributed by atoms with Gasteiger partial charge in [0.1, 0.15) is 0 Å². The monoisotopic (exact) mass is 371 g/mol. The number of aromatic nitrogens is 3. The summed E-state index contributed by atoms with van der Waals surface area (Å²) in [6.45, 7) is 2.58. The molecular formula is C22H21N5O. The fourth-order valence-electron chi connectivity index (χ4n) is 3.12. The largest absolute Gasteiger partial charge is 0.337 e. The van der Waals surface area contributed by atoms with Crippen LogP contribution in [0.2, 0.25) is 0 Å². The van der Waals surface area contributed by atoms with Crippen LogP contribution < -0.4 is 10.6 Å². The summed E-state index contributed by atoms with van der Waals surface area (Å²) >= 11 is 0. The van der Waals surface area contributed by atoms with Crippen molar-refractivity contribution < 1.29 is 4.79 Å². The van der Waals surface area contributed by atoms with Crippen LogP contribution >= 0.6 is 0 Å². The number of nitrogens with zero attached hydrogens (tertiary/aromatic N) is 2. The van der Waals surface area contributed by atoms with E-state index in [1.807, 2.05) is 42.5 Å². The number of carbonyl (C=O) groups is 1. The zero-order valence-electron chi connectivity index (χ0n) is 15.6. The van der Waals surface area contributed by atoms with Gasteiger partial charge in [-0.2, -0.15) is 5.10 Å². The lowest BCUT2D eigenvalue weighted by Gasteiger charge is -2.06. The van der Waals surface area contributed by atoms with Gasteiger partial charge in [0.25, 0.3) is 0 Å². The molecule has 28 heavy (non-hydrogen) atoms. The molecule has 0 aliphatic rings. The predicted octanol–water partition coefficient (Wildman–Crippen LogP) is 4.30. The minimum Gasteiger partial charge on any atom is -0.337 e. The quantitative estimate of drug-likeness (QED) is 0.489. The molecule has 140 valence electrons. The molecule has 6 nitrogen and oxygen atoms in total. The van der Waals surface area contributed by atoms with Crippen LogP contribution in [0, 0.1) is 6.92 Å². The number of rotatable bonds is 5. The van der Waals surface area contributed by atoms with Crippen LogP contribution in [-0.4, -0.2) is 27.8 Å². The SMILES string of the molecule is Cc1cccc(-c2ccc3c(NC(=O)NCCc4ccccn4)n[nH]c3c2)c1. The number of carbonyl (C=O) groups excluding carboxylic acids is 1. The van der Waals surface area contributed by atoms with E-state index in [1.54, 1.807) is 6.20 Å². The smallest absolute Gasteiger partial charge is 0.320 e. The second-order valence-electron chi connectivity index (χ2n) is 6.65. The Morgan fingerprint density at radius 2 is 1.93 bits per heavy atom. The van der Waals surface area contributed by atoms with E-state index in [-0.39, 0.29) is 6.03 Å². The minimum atomic E-state index is -0.285. The van der Waals surface area contributed by atoms with Gasteiger partial charge in [0.05, 0.1) is 5.52 Å². The van der Waals surface area contributed by atoms with E-state index in [0.29, 0.717) is 18.8 Å². The number of aryl methyl sites for hydroxylation is 1. The van der Waals surface area contributed by atoms with Gasteiger partial charge in [-0.25, -0.2) is 4.79 Å². The molecule has 2 aromatic carbocycles. The molecule has 0 bridgehead atoms. The molecule has 0 aliphatic carbocycles. The molecule has 2 heterocycles. The van der Waals surface area contributed by atoms with Crippen LogP contribution in [0.1, 0.15) is 11.3 Å². The first-order valence-corrected chi connectivity index (χ1v) is 9.19. The average molecular weight is 371 g/mol. The first kappa shape index (κ1) is 17.7. The number of fused-ring (bicyclic) bond motifs is 1. The van der Waals surface area contributed by atoms with Gasteiger partial charge in [0.2, 0.25) is 0 Å². The molecule has 2 amide bonds. The lowest BCUT2D eigenvalue weighted by atomic mass is 10.0. The summed E-state index contributed by atoms with van der Waals surface area (Å²) in [7, 11) is 0. The lowest BCUT2D eigenvalue weighted by molar-refractivity contribution is 0.252. The number of hydrogen-bond donors (Lipinski definition) is 3. The van der Waals surface area contributed by atoms with E-state index in [0.717, 1.165) is 27.7 Å². The van der Waals surface area contributed by atoms with Crippen LogP contribution in [0.5, 0.6) is 0 Å². The van der Waals surface area contributed by atoms with Crippen LogP contribution in [0.3, 0.4) is 0 Å². The van der Waals surface area contributed by atoms with Crippen molar-refractivity contribution in [3.63, 3.8) is 0 Å². The highest BCUT2D eigenvalue weighted by atomic mass is 16.2.